The van der Waals surface area contributed by atoms with Crippen LogP contribution in [-0.4, -0.2) is 51.6 Å². The summed E-state index contributed by atoms with van der Waals surface area (Å²) in [6, 6.07) is 0. The van der Waals surface area contributed by atoms with Crippen molar-refractivity contribution in [3.63, 3.8) is 0 Å². The van der Waals surface area contributed by atoms with Crippen LogP contribution in [0.25, 0.3) is 4.96 Å². The minimum atomic E-state index is -0.296. The van der Waals surface area contributed by atoms with E-state index in [-0.39, 0.29) is 18.3 Å². The molecule has 0 aliphatic rings. The third-order valence-corrected chi connectivity index (χ3v) is 4.27. The van der Waals surface area contributed by atoms with Crippen LogP contribution in [0.1, 0.15) is 34.5 Å². The Balaban J connectivity index is 2.10. The fraction of sp³-hybridized carbons (Fsp3) is 0.538. The standard InChI is InChI=1S/C13H18N4O3S/c1-5-20-10(18)6-7-16(4)12(19)11-8(2)17-9(3)14-15-13(17)21-11/h5-7H2,1-4H3. The van der Waals surface area contributed by atoms with Crippen LogP contribution >= 0.6 is 11.3 Å². The normalized spacial score (nSPS) is 10.9. The van der Waals surface area contributed by atoms with Gasteiger partial charge in [0.15, 0.2) is 0 Å². The summed E-state index contributed by atoms with van der Waals surface area (Å²) < 4.78 is 6.71. The molecule has 0 spiro atoms. The summed E-state index contributed by atoms with van der Waals surface area (Å²) in [6.07, 6.45) is 0.193. The quantitative estimate of drug-likeness (QED) is 0.781. The topological polar surface area (TPSA) is 76.8 Å². The van der Waals surface area contributed by atoms with E-state index in [0.717, 1.165) is 11.5 Å². The molecule has 2 aromatic rings. The summed E-state index contributed by atoms with van der Waals surface area (Å²) >= 11 is 1.31. The number of fused-ring (bicyclic) bond motifs is 1. The van der Waals surface area contributed by atoms with E-state index in [1.54, 1.807) is 14.0 Å². The molecule has 0 aliphatic heterocycles. The van der Waals surface area contributed by atoms with Gasteiger partial charge in [0.1, 0.15) is 10.7 Å². The van der Waals surface area contributed by atoms with Crippen molar-refractivity contribution in [3.8, 4) is 0 Å². The summed E-state index contributed by atoms with van der Waals surface area (Å²) in [6.45, 7) is 6.15. The van der Waals surface area contributed by atoms with E-state index in [1.165, 1.54) is 16.2 Å². The highest BCUT2D eigenvalue weighted by Gasteiger charge is 2.21. The van der Waals surface area contributed by atoms with Gasteiger partial charge in [0, 0.05) is 19.3 Å². The van der Waals surface area contributed by atoms with Crippen LogP contribution in [0, 0.1) is 13.8 Å². The number of amides is 1. The van der Waals surface area contributed by atoms with E-state index in [2.05, 4.69) is 10.2 Å². The minimum Gasteiger partial charge on any atom is -0.466 e. The molecule has 7 nitrogen and oxygen atoms in total. The lowest BCUT2D eigenvalue weighted by molar-refractivity contribution is -0.143. The van der Waals surface area contributed by atoms with E-state index in [4.69, 9.17) is 4.74 Å². The average Bonchev–Trinajstić information content (AvgIpc) is 2.97. The monoisotopic (exact) mass is 310 g/mol. The molecular weight excluding hydrogens is 292 g/mol. The van der Waals surface area contributed by atoms with Gasteiger partial charge in [-0.25, -0.2) is 0 Å². The lowest BCUT2D eigenvalue weighted by atomic mass is 10.3. The van der Waals surface area contributed by atoms with Crippen LogP contribution in [0.15, 0.2) is 0 Å². The molecule has 0 aliphatic carbocycles. The van der Waals surface area contributed by atoms with Gasteiger partial charge in [-0.3, -0.25) is 14.0 Å². The van der Waals surface area contributed by atoms with Crippen molar-refractivity contribution in [2.24, 2.45) is 0 Å². The first kappa shape index (κ1) is 15.4. The predicted molar refractivity (Wildman–Crippen MR) is 78.5 cm³/mol. The Morgan fingerprint density at radius 3 is 2.67 bits per heavy atom. The number of esters is 1. The molecule has 0 radical (unpaired) electrons. The molecule has 0 unspecified atom stereocenters. The highest BCUT2D eigenvalue weighted by atomic mass is 32.1. The maximum atomic E-state index is 12.4. The second kappa shape index (κ2) is 6.21. The molecule has 0 fully saturated rings. The maximum absolute atomic E-state index is 12.4. The van der Waals surface area contributed by atoms with Crippen LogP contribution in [0.4, 0.5) is 0 Å². The van der Waals surface area contributed by atoms with Crippen molar-refractivity contribution < 1.29 is 14.3 Å². The van der Waals surface area contributed by atoms with Crippen molar-refractivity contribution in [3.05, 3.63) is 16.4 Å². The van der Waals surface area contributed by atoms with Crippen LogP contribution < -0.4 is 0 Å². The molecule has 2 rings (SSSR count). The number of ether oxygens (including phenoxy) is 1. The molecule has 0 saturated heterocycles. The Kier molecular flexibility index (Phi) is 4.56. The van der Waals surface area contributed by atoms with Gasteiger partial charge in [-0.15, -0.1) is 10.2 Å². The summed E-state index contributed by atoms with van der Waals surface area (Å²) in [7, 11) is 1.68. The Bertz CT molecular complexity index is 676. The van der Waals surface area contributed by atoms with Crippen molar-refractivity contribution >= 4 is 28.2 Å². The fourth-order valence-corrected chi connectivity index (χ4v) is 3.13. The third kappa shape index (κ3) is 3.05. The van der Waals surface area contributed by atoms with Crippen molar-refractivity contribution in [2.45, 2.75) is 27.2 Å². The van der Waals surface area contributed by atoms with Crippen LogP contribution in [0.2, 0.25) is 0 Å². The molecule has 0 aromatic carbocycles. The molecule has 0 N–H and O–H groups in total. The molecule has 0 saturated carbocycles. The van der Waals surface area contributed by atoms with E-state index < -0.39 is 0 Å². The molecule has 0 bridgehead atoms. The average molecular weight is 310 g/mol. The zero-order chi connectivity index (χ0) is 15.6. The zero-order valence-corrected chi connectivity index (χ0v) is 13.4. The third-order valence-electron chi connectivity index (χ3n) is 3.15. The Hall–Kier alpha value is -1.96. The van der Waals surface area contributed by atoms with Gasteiger partial charge < -0.3 is 9.64 Å². The van der Waals surface area contributed by atoms with Gasteiger partial charge in [-0.2, -0.15) is 0 Å². The summed E-state index contributed by atoms with van der Waals surface area (Å²) in [4.78, 5) is 26.6. The summed E-state index contributed by atoms with van der Waals surface area (Å²) in [5.74, 6) is 0.341. The van der Waals surface area contributed by atoms with Crippen molar-refractivity contribution in [1.29, 1.82) is 0 Å². The molecule has 1 amide bonds. The van der Waals surface area contributed by atoms with Gasteiger partial charge >= 0.3 is 5.97 Å². The summed E-state index contributed by atoms with van der Waals surface area (Å²) in [5.41, 5.74) is 0.825. The molecular formula is C13H18N4O3S. The van der Waals surface area contributed by atoms with Crippen molar-refractivity contribution in [1.82, 2.24) is 19.5 Å². The molecule has 2 aromatic heterocycles. The van der Waals surface area contributed by atoms with Crippen LogP contribution in [0.3, 0.4) is 0 Å². The Morgan fingerprint density at radius 2 is 2.05 bits per heavy atom. The maximum Gasteiger partial charge on any atom is 0.307 e. The van der Waals surface area contributed by atoms with Gasteiger partial charge in [0.05, 0.1) is 13.0 Å². The second-order valence-corrected chi connectivity index (χ2v) is 5.64. The van der Waals surface area contributed by atoms with Crippen LogP contribution in [-0.2, 0) is 9.53 Å². The van der Waals surface area contributed by atoms with E-state index in [9.17, 15) is 9.59 Å². The minimum absolute atomic E-state index is 0.119. The first-order valence-electron chi connectivity index (χ1n) is 6.68. The largest absolute Gasteiger partial charge is 0.466 e. The van der Waals surface area contributed by atoms with Gasteiger partial charge in [0.25, 0.3) is 5.91 Å². The lowest BCUT2D eigenvalue weighted by Crippen LogP contribution is -2.29. The number of nitrogens with zero attached hydrogens (tertiary/aromatic N) is 4. The molecule has 114 valence electrons. The SMILES string of the molecule is CCOC(=O)CCN(C)C(=O)c1sc2nnc(C)n2c1C. The first-order valence-corrected chi connectivity index (χ1v) is 7.49. The van der Waals surface area contributed by atoms with Gasteiger partial charge in [-0.05, 0) is 20.8 Å². The number of aromatic nitrogens is 3. The van der Waals surface area contributed by atoms with Gasteiger partial charge in [-0.1, -0.05) is 11.3 Å². The highest BCUT2D eigenvalue weighted by molar-refractivity contribution is 7.19. The first-order chi connectivity index (χ1) is 9.95. The summed E-state index contributed by atoms with van der Waals surface area (Å²) in [5, 5.41) is 8.01. The molecule has 2 heterocycles. The van der Waals surface area contributed by atoms with E-state index >= 15 is 0 Å². The number of carbonyl (C=O) groups is 2. The zero-order valence-electron chi connectivity index (χ0n) is 12.5. The van der Waals surface area contributed by atoms with E-state index in [0.29, 0.717) is 23.0 Å². The fourth-order valence-electron chi connectivity index (χ4n) is 2.03. The Labute approximate surface area is 126 Å². The number of carbonyl (C=O) groups excluding carboxylic acids is 2. The van der Waals surface area contributed by atoms with E-state index in [1.807, 2.05) is 18.2 Å². The highest BCUT2D eigenvalue weighted by Crippen LogP contribution is 2.23. The number of rotatable bonds is 5. The lowest BCUT2D eigenvalue weighted by Gasteiger charge is -2.16. The Morgan fingerprint density at radius 1 is 1.33 bits per heavy atom. The molecule has 21 heavy (non-hydrogen) atoms. The number of aryl methyl sites for hydroxylation is 2. The molecule has 8 heteroatoms. The van der Waals surface area contributed by atoms with Crippen LogP contribution in [0.5, 0.6) is 0 Å². The number of hydrogen-bond donors (Lipinski definition) is 0. The number of thiazole rings is 1. The van der Waals surface area contributed by atoms with Crippen molar-refractivity contribution in [2.75, 3.05) is 20.2 Å². The van der Waals surface area contributed by atoms with Gasteiger partial charge in [0.2, 0.25) is 4.96 Å². The predicted octanol–water partition coefficient (Wildman–Crippen LogP) is 1.43. The second-order valence-electron chi connectivity index (χ2n) is 4.66. The number of hydrogen-bond acceptors (Lipinski definition) is 6. The smallest absolute Gasteiger partial charge is 0.307 e. The molecule has 0 atom stereocenters.